The number of halogens is 2. The molecule has 0 aliphatic heterocycles. The van der Waals surface area contributed by atoms with Gasteiger partial charge >= 0.3 is 0 Å². The zero-order valence-electron chi connectivity index (χ0n) is 14.0. The van der Waals surface area contributed by atoms with E-state index in [2.05, 4.69) is 10.3 Å². The molecular formula is C20H18ClFN2O. The molecule has 5 heteroatoms. The summed E-state index contributed by atoms with van der Waals surface area (Å²) in [6.07, 6.45) is 0. The Bertz CT molecular complexity index is 928. The molecule has 0 saturated heterocycles. The number of hydrogen-bond acceptors (Lipinski definition) is 3. The maximum absolute atomic E-state index is 13.9. The summed E-state index contributed by atoms with van der Waals surface area (Å²) >= 11 is 5.78. The molecule has 3 nitrogen and oxygen atoms in total. The lowest BCUT2D eigenvalue weighted by atomic mass is 10.0. The van der Waals surface area contributed by atoms with Crippen LogP contribution in [0.15, 0.2) is 48.5 Å². The quantitative estimate of drug-likeness (QED) is 0.634. The highest BCUT2D eigenvalue weighted by atomic mass is 35.5. The summed E-state index contributed by atoms with van der Waals surface area (Å²) in [5.41, 5.74) is 3.75. The zero-order valence-corrected chi connectivity index (χ0v) is 14.7. The van der Waals surface area contributed by atoms with Gasteiger partial charge in [-0.05, 0) is 61.4 Å². The Morgan fingerprint density at radius 3 is 2.60 bits per heavy atom. The molecule has 0 atom stereocenters. The van der Waals surface area contributed by atoms with Crippen LogP contribution >= 0.6 is 11.6 Å². The van der Waals surface area contributed by atoms with Crippen molar-refractivity contribution in [3.05, 3.63) is 64.9 Å². The smallest absolute Gasteiger partial charge is 0.142 e. The summed E-state index contributed by atoms with van der Waals surface area (Å²) in [6, 6.07) is 13.7. The number of nitrogens with one attached hydrogen (secondary N) is 1. The Kier molecular flexibility index (Phi) is 4.91. The van der Waals surface area contributed by atoms with E-state index in [1.165, 1.54) is 12.1 Å². The molecule has 2 N–H and O–H groups in total. The van der Waals surface area contributed by atoms with Gasteiger partial charge in [0.1, 0.15) is 17.4 Å². The second kappa shape index (κ2) is 7.11. The van der Waals surface area contributed by atoms with Crippen molar-refractivity contribution in [2.75, 3.05) is 11.9 Å². The third-order valence-electron chi connectivity index (χ3n) is 3.86. The number of benzene rings is 2. The predicted octanol–water partition coefficient (Wildman–Crippen LogP) is 5.65. The molecule has 1 heterocycles. The van der Waals surface area contributed by atoms with Crippen LogP contribution in [-0.4, -0.2) is 16.6 Å². The van der Waals surface area contributed by atoms with Crippen LogP contribution in [0.2, 0.25) is 5.02 Å². The number of anilines is 1. The number of pyridine rings is 1. The monoisotopic (exact) mass is 356 g/mol. The van der Waals surface area contributed by atoms with E-state index in [1.807, 2.05) is 38.1 Å². The Morgan fingerprint density at radius 1 is 1.08 bits per heavy atom. The third kappa shape index (κ3) is 3.74. The van der Waals surface area contributed by atoms with E-state index in [-0.39, 0.29) is 10.8 Å². The summed E-state index contributed by atoms with van der Waals surface area (Å²) in [4.78, 5) is 4.57. The number of phenolic OH excluding ortho intramolecular Hbond substituents is 1. The van der Waals surface area contributed by atoms with Crippen molar-refractivity contribution in [1.29, 1.82) is 0 Å². The normalized spacial score (nSPS) is 10.7. The SMILES string of the molecule is CCNc1cc(-c2ccc(Cl)c(F)c2)cc(-c2cc(C)ccc2O)n1. The molecule has 0 amide bonds. The van der Waals surface area contributed by atoms with Crippen molar-refractivity contribution in [3.8, 4) is 28.1 Å². The van der Waals surface area contributed by atoms with Gasteiger partial charge in [-0.2, -0.15) is 0 Å². The number of aryl methyl sites for hydroxylation is 1. The summed E-state index contributed by atoms with van der Waals surface area (Å²) in [5, 5.41) is 13.5. The van der Waals surface area contributed by atoms with Gasteiger partial charge in [-0.15, -0.1) is 0 Å². The zero-order chi connectivity index (χ0) is 18.0. The lowest BCUT2D eigenvalue weighted by molar-refractivity contribution is 0.477. The Hall–Kier alpha value is -2.59. The minimum atomic E-state index is -0.471. The van der Waals surface area contributed by atoms with Crippen LogP contribution in [0.1, 0.15) is 12.5 Å². The number of aromatic hydroxyl groups is 1. The van der Waals surface area contributed by atoms with Crippen molar-refractivity contribution in [1.82, 2.24) is 4.98 Å². The second-order valence-electron chi connectivity index (χ2n) is 5.81. The fraction of sp³-hybridized carbons (Fsp3) is 0.150. The largest absolute Gasteiger partial charge is 0.507 e. The lowest BCUT2D eigenvalue weighted by Gasteiger charge is -2.12. The first kappa shape index (κ1) is 17.2. The summed E-state index contributed by atoms with van der Waals surface area (Å²) in [5.74, 6) is 0.340. The number of phenols is 1. The maximum Gasteiger partial charge on any atom is 0.142 e. The maximum atomic E-state index is 13.9. The van der Waals surface area contributed by atoms with Crippen molar-refractivity contribution < 1.29 is 9.50 Å². The van der Waals surface area contributed by atoms with Gasteiger partial charge in [0, 0.05) is 12.1 Å². The van der Waals surface area contributed by atoms with Crippen LogP contribution in [0.3, 0.4) is 0 Å². The molecule has 0 fully saturated rings. The summed E-state index contributed by atoms with van der Waals surface area (Å²) in [6.45, 7) is 4.62. The molecule has 2 aromatic carbocycles. The molecule has 25 heavy (non-hydrogen) atoms. The average Bonchev–Trinajstić information content (AvgIpc) is 2.59. The molecule has 128 valence electrons. The summed E-state index contributed by atoms with van der Waals surface area (Å²) < 4.78 is 13.9. The minimum Gasteiger partial charge on any atom is -0.507 e. The molecule has 0 unspecified atom stereocenters. The van der Waals surface area contributed by atoms with E-state index in [4.69, 9.17) is 11.6 Å². The van der Waals surface area contributed by atoms with E-state index < -0.39 is 5.82 Å². The van der Waals surface area contributed by atoms with E-state index in [1.54, 1.807) is 12.1 Å². The van der Waals surface area contributed by atoms with E-state index >= 15 is 0 Å². The predicted molar refractivity (Wildman–Crippen MR) is 101 cm³/mol. The van der Waals surface area contributed by atoms with Gasteiger partial charge < -0.3 is 10.4 Å². The first-order valence-corrected chi connectivity index (χ1v) is 8.37. The number of aromatic nitrogens is 1. The fourth-order valence-corrected chi connectivity index (χ4v) is 2.76. The highest BCUT2D eigenvalue weighted by molar-refractivity contribution is 6.30. The van der Waals surface area contributed by atoms with Gasteiger partial charge in [0.2, 0.25) is 0 Å². The number of hydrogen-bond donors (Lipinski definition) is 2. The van der Waals surface area contributed by atoms with Crippen molar-refractivity contribution in [2.45, 2.75) is 13.8 Å². The second-order valence-corrected chi connectivity index (χ2v) is 6.21. The first-order valence-electron chi connectivity index (χ1n) is 7.99. The van der Waals surface area contributed by atoms with Crippen LogP contribution < -0.4 is 5.32 Å². The standard InChI is InChI=1S/C20H18ClFN2O/c1-3-23-20-11-14(13-5-6-16(21)17(22)9-13)10-18(24-20)15-8-12(2)4-7-19(15)25/h4-11,25H,3H2,1-2H3,(H,23,24). The number of nitrogens with zero attached hydrogens (tertiary/aromatic N) is 1. The molecule has 0 spiro atoms. The fourth-order valence-electron chi connectivity index (χ4n) is 2.64. The van der Waals surface area contributed by atoms with Gasteiger partial charge in [0.15, 0.2) is 0 Å². The van der Waals surface area contributed by atoms with Crippen LogP contribution in [0, 0.1) is 12.7 Å². The molecule has 1 aromatic heterocycles. The average molecular weight is 357 g/mol. The Balaban J connectivity index is 2.18. The van der Waals surface area contributed by atoms with Crippen LogP contribution in [0.5, 0.6) is 5.75 Å². The van der Waals surface area contributed by atoms with Crippen molar-refractivity contribution in [3.63, 3.8) is 0 Å². The Morgan fingerprint density at radius 2 is 1.88 bits per heavy atom. The van der Waals surface area contributed by atoms with Gasteiger partial charge in [-0.1, -0.05) is 29.3 Å². The highest BCUT2D eigenvalue weighted by Gasteiger charge is 2.12. The van der Waals surface area contributed by atoms with Crippen LogP contribution in [-0.2, 0) is 0 Å². The first-order chi connectivity index (χ1) is 12.0. The van der Waals surface area contributed by atoms with Gasteiger partial charge in [-0.3, -0.25) is 0 Å². The molecule has 3 rings (SSSR count). The van der Waals surface area contributed by atoms with Crippen molar-refractivity contribution >= 4 is 17.4 Å². The van der Waals surface area contributed by atoms with E-state index in [0.717, 1.165) is 11.1 Å². The lowest BCUT2D eigenvalue weighted by Crippen LogP contribution is -2.01. The van der Waals surface area contributed by atoms with Crippen LogP contribution in [0.4, 0.5) is 10.2 Å². The van der Waals surface area contributed by atoms with E-state index in [9.17, 15) is 9.50 Å². The molecule has 0 aliphatic carbocycles. The topological polar surface area (TPSA) is 45.1 Å². The summed E-state index contributed by atoms with van der Waals surface area (Å²) in [7, 11) is 0. The molecule has 0 bridgehead atoms. The minimum absolute atomic E-state index is 0.0845. The third-order valence-corrected chi connectivity index (χ3v) is 4.17. The molecule has 3 aromatic rings. The van der Waals surface area contributed by atoms with E-state index in [0.29, 0.717) is 29.2 Å². The molecule has 0 saturated carbocycles. The van der Waals surface area contributed by atoms with Gasteiger partial charge in [0.05, 0.1) is 10.7 Å². The highest BCUT2D eigenvalue weighted by Crippen LogP contribution is 2.33. The molecule has 0 aliphatic rings. The Labute approximate surface area is 151 Å². The van der Waals surface area contributed by atoms with Gasteiger partial charge in [-0.25, -0.2) is 9.37 Å². The molecule has 0 radical (unpaired) electrons. The number of rotatable bonds is 4. The van der Waals surface area contributed by atoms with Crippen molar-refractivity contribution in [2.24, 2.45) is 0 Å². The van der Waals surface area contributed by atoms with Crippen LogP contribution in [0.25, 0.3) is 22.4 Å². The molecular weight excluding hydrogens is 339 g/mol. The van der Waals surface area contributed by atoms with Gasteiger partial charge in [0.25, 0.3) is 0 Å².